The number of allylic oxidation sites excluding steroid dienone is 1. The Morgan fingerprint density at radius 1 is 0.894 bits per heavy atom. The Hall–Kier alpha value is -3.75. The summed E-state index contributed by atoms with van der Waals surface area (Å²) >= 11 is 12.8. The van der Waals surface area contributed by atoms with E-state index in [0.717, 1.165) is 33.4 Å². The summed E-state index contributed by atoms with van der Waals surface area (Å²) < 4.78 is 30.9. The molecule has 2 N–H and O–H groups in total. The van der Waals surface area contributed by atoms with E-state index in [1.807, 2.05) is 61.5 Å². The van der Waals surface area contributed by atoms with Gasteiger partial charge in [0.25, 0.3) is 10.1 Å². The summed E-state index contributed by atoms with van der Waals surface area (Å²) in [6.07, 6.45) is 4.61. The number of rotatable bonds is 12. The number of anilines is 1. The van der Waals surface area contributed by atoms with Crippen LogP contribution in [0.2, 0.25) is 10.0 Å². The number of carbonyl (C=O) groups is 2. The van der Waals surface area contributed by atoms with Crippen LogP contribution in [0.3, 0.4) is 0 Å². The van der Waals surface area contributed by atoms with E-state index in [-0.39, 0.29) is 29.9 Å². The van der Waals surface area contributed by atoms with Crippen molar-refractivity contribution in [2.45, 2.75) is 52.9 Å². The third-order valence-corrected chi connectivity index (χ3v) is 9.02. The molecule has 1 atom stereocenters. The van der Waals surface area contributed by atoms with Crippen molar-refractivity contribution in [3.63, 3.8) is 0 Å². The molecule has 0 aromatic heterocycles. The van der Waals surface area contributed by atoms with Gasteiger partial charge in [0.2, 0.25) is 5.91 Å². The second-order valence-electron chi connectivity index (χ2n) is 12.8. The van der Waals surface area contributed by atoms with Crippen LogP contribution in [-0.2, 0) is 21.3 Å². The van der Waals surface area contributed by atoms with Crippen LogP contribution in [0.15, 0.2) is 91.0 Å². The number of carbonyl (C=O) groups excluding carboxylic acids is 2. The summed E-state index contributed by atoms with van der Waals surface area (Å²) in [7, 11) is -4.12. The SMILES string of the molecule is Cc1cc(Cl)ccc1-c1ccc(NC(=O)C(Cc2ccc(C(=O)CCCS(=O)(=O)O)cc2)c2ccc(/C=C/C(C)(C)C)cc2)cc1Cl. The highest BCUT2D eigenvalue weighted by atomic mass is 35.5. The first-order chi connectivity index (χ1) is 22.1. The van der Waals surface area contributed by atoms with Crippen molar-refractivity contribution in [2.75, 3.05) is 11.1 Å². The van der Waals surface area contributed by atoms with Crippen LogP contribution in [0.1, 0.15) is 72.1 Å². The Bertz CT molecular complexity index is 1880. The van der Waals surface area contributed by atoms with Gasteiger partial charge in [-0.05, 0) is 77.3 Å². The molecule has 0 aliphatic heterocycles. The summed E-state index contributed by atoms with van der Waals surface area (Å²) in [5, 5.41) is 4.19. The number of hydrogen-bond acceptors (Lipinski definition) is 4. The number of benzene rings is 4. The fourth-order valence-electron chi connectivity index (χ4n) is 5.14. The molecule has 0 saturated heterocycles. The molecule has 47 heavy (non-hydrogen) atoms. The molecule has 4 rings (SSSR count). The van der Waals surface area contributed by atoms with Crippen LogP contribution in [0, 0.1) is 12.3 Å². The van der Waals surface area contributed by atoms with Crippen LogP contribution >= 0.6 is 23.2 Å². The first kappa shape index (κ1) is 36.1. The van der Waals surface area contributed by atoms with Crippen molar-refractivity contribution >= 4 is 56.8 Å². The topological polar surface area (TPSA) is 101 Å². The third-order valence-electron chi connectivity index (χ3n) is 7.67. The lowest BCUT2D eigenvalue weighted by molar-refractivity contribution is -0.117. The molecule has 4 aromatic carbocycles. The van der Waals surface area contributed by atoms with E-state index in [0.29, 0.717) is 27.7 Å². The quantitative estimate of drug-likeness (QED) is 0.114. The van der Waals surface area contributed by atoms with E-state index in [9.17, 15) is 18.0 Å². The number of amides is 1. The molecule has 246 valence electrons. The maximum absolute atomic E-state index is 13.9. The largest absolute Gasteiger partial charge is 0.326 e. The van der Waals surface area contributed by atoms with Gasteiger partial charge in [0.1, 0.15) is 0 Å². The molecule has 0 radical (unpaired) electrons. The average Bonchev–Trinajstić information content (AvgIpc) is 2.99. The van der Waals surface area contributed by atoms with E-state index in [4.69, 9.17) is 27.8 Å². The zero-order chi connectivity index (χ0) is 34.4. The second-order valence-corrected chi connectivity index (χ2v) is 15.2. The van der Waals surface area contributed by atoms with E-state index >= 15 is 0 Å². The Kier molecular flexibility index (Phi) is 11.9. The molecule has 1 amide bonds. The minimum Gasteiger partial charge on any atom is -0.326 e. The lowest BCUT2D eigenvalue weighted by atomic mass is 9.89. The number of halogens is 2. The highest BCUT2D eigenvalue weighted by molar-refractivity contribution is 7.85. The van der Waals surface area contributed by atoms with E-state index < -0.39 is 21.8 Å². The van der Waals surface area contributed by atoms with E-state index in [1.165, 1.54) is 0 Å². The van der Waals surface area contributed by atoms with Crippen molar-refractivity contribution in [2.24, 2.45) is 5.41 Å². The van der Waals surface area contributed by atoms with Crippen LogP contribution in [0.25, 0.3) is 17.2 Å². The second kappa shape index (κ2) is 15.4. The van der Waals surface area contributed by atoms with Crippen LogP contribution in [0.5, 0.6) is 0 Å². The molecule has 0 heterocycles. The maximum atomic E-state index is 13.9. The van der Waals surface area contributed by atoms with Crippen molar-refractivity contribution in [3.8, 4) is 11.1 Å². The van der Waals surface area contributed by atoms with Gasteiger partial charge in [-0.25, -0.2) is 0 Å². The van der Waals surface area contributed by atoms with Gasteiger partial charge in [0.05, 0.1) is 16.7 Å². The Morgan fingerprint density at radius 3 is 2.15 bits per heavy atom. The Labute approximate surface area is 287 Å². The van der Waals surface area contributed by atoms with Crippen molar-refractivity contribution in [3.05, 3.63) is 129 Å². The summed E-state index contributed by atoms with van der Waals surface area (Å²) in [5.41, 5.74) is 6.53. The molecule has 0 aliphatic rings. The zero-order valence-electron chi connectivity index (χ0n) is 26.9. The number of Topliss-reactive ketones (excluding diaryl/α,β-unsaturated/α-hetero) is 1. The summed E-state index contributed by atoms with van der Waals surface area (Å²) in [4.78, 5) is 26.4. The van der Waals surface area contributed by atoms with Crippen molar-refractivity contribution in [1.29, 1.82) is 0 Å². The molecular weight excluding hydrogens is 653 g/mol. The van der Waals surface area contributed by atoms with Gasteiger partial charge in [-0.2, -0.15) is 8.42 Å². The van der Waals surface area contributed by atoms with Gasteiger partial charge < -0.3 is 5.32 Å². The number of aryl methyl sites for hydroxylation is 1. The van der Waals surface area contributed by atoms with Crippen LogP contribution < -0.4 is 5.32 Å². The summed E-state index contributed by atoms with van der Waals surface area (Å²) in [5.74, 6) is -1.45. The van der Waals surface area contributed by atoms with Gasteiger partial charge >= 0.3 is 0 Å². The molecule has 0 aliphatic carbocycles. The molecule has 0 bridgehead atoms. The fraction of sp³-hybridized carbons (Fsp3) is 0.263. The lowest BCUT2D eigenvalue weighted by Gasteiger charge is -2.19. The predicted octanol–water partition coefficient (Wildman–Crippen LogP) is 9.84. The average molecular weight is 693 g/mol. The van der Waals surface area contributed by atoms with Gasteiger partial charge in [0, 0.05) is 28.3 Å². The summed E-state index contributed by atoms with van der Waals surface area (Å²) in [6.45, 7) is 8.36. The van der Waals surface area contributed by atoms with Gasteiger partial charge in [0.15, 0.2) is 5.78 Å². The van der Waals surface area contributed by atoms with E-state index in [2.05, 4.69) is 38.2 Å². The maximum Gasteiger partial charge on any atom is 0.264 e. The van der Waals surface area contributed by atoms with Crippen molar-refractivity contribution < 1.29 is 22.6 Å². The molecule has 9 heteroatoms. The number of ketones is 1. The molecule has 0 saturated carbocycles. The van der Waals surface area contributed by atoms with Gasteiger partial charge in [-0.15, -0.1) is 0 Å². The predicted molar refractivity (Wildman–Crippen MR) is 193 cm³/mol. The Balaban J connectivity index is 1.57. The minimum atomic E-state index is -4.12. The standard InChI is InChI=1S/C38H39Cl2NO5S/c1-25-22-30(39)15-17-32(25)33-18-16-31(24-35(33)40)41-37(43)34(28-11-7-26(8-12-28)19-20-38(2,3)4)23-27-9-13-29(14-10-27)36(42)6-5-21-47(44,45)46/h7-20,22,24,34H,5-6,21,23H2,1-4H3,(H,41,43)(H,44,45,46)/b20-19+. The number of nitrogens with one attached hydrogen (secondary N) is 1. The van der Waals surface area contributed by atoms with E-state index in [1.54, 1.807) is 30.3 Å². The summed E-state index contributed by atoms with van der Waals surface area (Å²) in [6, 6.07) is 25.9. The molecule has 0 spiro atoms. The first-order valence-electron chi connectivity index (χ1n) is 15.3. The van der Waals surface area contributed by atoms with Crippen molar-refractivity contribution in [1.82, 2.24) is 0 Å². The monoisotopic (exact) mass is 691 g/mol. The highest BCUT2D eigenvalue weighted by Gasteiger charge is 2.22. The van der Waals surface area contributed by atoms with Gasteiger partial charge in [-0.3, -0.25) is 14.1 Å². The minimum absolute atomic E-state index is 0.000880. The van der Waals surface area contributed by atoms with Crippen LogP contribution in [0.4, 0.5) is 5.69 Å². The molecular formula is C38H39Cl2NO5S. The molecule has 6 nitrogen and oxygen atoms in total. The molecule has 4 aromatic rings. The molecule has 0 fully saturated rings. The fourth-order valence-corrected chi connectivity index (χ4v) is 6.16. The van der Waals surface area contributed by atoms with Crippen LogP contribution in [-0.4, -0.2) is 30.4 Å². The van der Waals surface area contributed by atoms with Gasteiger partial charge in [-0.1, -0.05) is 117 Å². The first-order valence-corrected chi connectivity index (χ1v) is 17.7. The zero-order valence-corrected chi connectivity index (χ0v) is 29.2. The highest BCUT2D eigenvalue weighted by Crippen LogP contribution is 2.34. The molecule has 1 unspecified atom stereocenters. The lowest BCUT2D eigenvalue weighted by Crippen LogP contribution is -2.23. The third kappa shape index (κ3) is 10.9. The Morgan fingerprint density at radius 2 is 1.55 bits per heavy atom. The number of hydrogen-bond donors (Lipinski definition) is 2. The smallest absolute Gasteiger partial charge is 0.264 e. The normalized spacial score (nSPS) is 12.7.